The van der Waals surface area contributed by atoms with Gasteiger partial charge in [-0.05, 0) is 37.9 Å². The molecule has 0 aromatic heterocycles. The second kappa shape index (κ2) is 4.53. The van der Waals surface area contributed by atoms with Crippen molar-refractivity contribution in [2.45, 2.75) is 26.0 Å². The van der Waals surface area contributed by atoms with Crippen molar-refractivity contribution in [3.63, 3.8) is 0 Å². The van der Waals surface area contributed by atoms with E-state index in [1.165, 1.54) is 0 Å². The topological polar surface area (TPSA) is 58.6 Å². The van der Waals surface area contributed by atoms with Crippen LogP contribution in [-0.4, -0.2) is 23.8 Å². The van der Waals surface area contributed by atoms with Crippen LogP contribution in [0, 0.1) is 6.92 Å². The number of benzene rings is 1. The molecule has 1 saturated heterocycles. The van der Waals surface area contributed by atoms with Crippen molar-refractivity contribution in [1.29, 1.82) is 0 Å². The maximum absolute atomic E-state index is 11.8. The highest BCUT2D eigenvalue weighted by Gasteiger charge is 2.21. The molecule has 0 spiro atoms. The Bertz CT molecular complexity index is 397. The third-order valence-electron chi connectivity index (χ3n) is 2.72. The molecule has 0 bridgehead atoms. The molecule has 1 heterocycles. The van der Waals surface area contributed by atoms with Crippen LogP contribution >= 0.6 is 0 Å². The minimum atomic E-state index is -0.472. The number of aryl methyl sites for hydroxylation is 1. The molecule has 86 valence electrons. The van der Waals surface area contributed by atoms with Gasteiger partial charge in [-0.1, -0.05) is 12.1 Å². The first-order valence-corrected chi connectivity index (χ1v) is 5.41. The van der Waals surface area contributed by atoms with Crippen molar-refractivity contribution in [2.24, 2.45) is 0 Å². The number of phenolic OH excluding ortho intramolecular Hbond substituents is 1. The van der Waals surface area contributed by atoms with Crippen molar-refractivity contribution < 1.29 is 14.6 Å². The molecule has 2 N–H and O–H groups in total. The fourth-order valence-electron chi connectivity index (χ4n) is 1.77. The Labute approximate surface area is 94.2 Å². The van der Waals surface area contributed by atoms with Gasteiger partial charge < -0.3 is 9.84 Å². The molecule has 1 atom stereocenters. The van der Waals surface area contributed by atoms with Crippen LogP contribution in [0.15, 0.2) is 18.2 Å². The number of esters is 1. The van der Waals surface area contributed by atoms with Gasteiger partial charge in [-0.3, -0.25) is 5.32 Å². The number of para-hydroxylation sites is 1. The normalized spacial score (nSPS) is 19.7. The Morgan fingerprint density at radius 1 is 1.56 bits per heavy atom. The predicted octanol–water partition coefficient (Wildman–Crippen LogP) is 1.57. The first kappa shape index (κ1) is 11.0. The van der Waals surface area contributed by atoms with Crippen LogP contribution in [0.1, 0.15) is 28.8 Å². The van der Waals surface area contributed by atoms with Gasteiger partial charge in [0.2, 0.25) is 0 Å². The number of carbonyl (C=O) groups excluding carboxylic acids is 1. The SMILES string of the molecule is Cc1cccc(C(=O)OC2CCCN2)c1O. The van der Waals surface area contributed by atoms with Gasteiger partial charge in [-0.25, -0.2) is 4.79 Å². The van der Waals surface area contributed by atoms with Gasteiger partial charge in [0.25, 0.3) is 0 Å². The van der Waals surface area contributed by atoms with Gasteiger partial charge in [0.15, 0.2) is 6.23 Å². The molecule has 2 rings (SSSR count). The number of hydrogen-bond acceptors (Lipinski definition) is 4. The summed E-state index contributed by atoms with van der Waals surface area (Å²) in [6.07, 6.45) is 1.63. The van der Waals surface area contributed by atoms with Crippen molar-refractivity contribution in [2.75, 3.05) is 6.54 Å². The van der Waals surface area contributed by atoms with E-state index in [1.807, 2.05) is 0 Å². The van der Waals surface area contributed by atoms with Crippen molar-refractivity contribution in [3.05, 3.63) is 29.3 Å². The lowest BCUT2D eigenvalue weighted by Crippen LogP contribution is -2.27. The standard InChI is InChI=1S/C12H15NO3/c1-8-4-2-5-9(11(8)14)12(15)16-10-6-3-7-13-10/h2,4-5,10,13-14H,3,6-7H2,1H3. The van der Waals surface area contributed by atoms with E-state index in [0.29, 0.717) is 5.56 Å². The molecule has 1 aliphatic heterocycles. The molecule has 1 fully saturated rings. The van der Waals surface area contributed by atoms with Crippen molar-refractivity contribution >= 4 is 5.97 Å². The number of phenols is 1. The number of nitrogens with one attached hydrogen (secondary N) is 1. The molecule has 1 aromatic carbocycles. The quantitative estimate of drug-likeness (QED) is 0.744. The summed E-state index contributed by atoms with van der Waals surface area (Å²) >= 11 is 0. The average Bonchev–Trinajstić information content (AvgIpc) is 2.74. The molecule has 1 aromatic rings. The third-order valence-corrected chi connectivity index (χ3v) is 2.72. The summed E-state index contributed by atoms with van der Waals surface area (Å²) in [7, 11) is 0. The minimum Gasteiger partial charge on any atom is -0.507 e. The van der Waals surface area contributed by atoms with E-state index < -0.39 is 5.97 Å². The zero-order valence-corrected chi connectivity index (χ0v) is 9.19. The third kappa shape index (κ3) is 2.17. The van der Waals surface area contributed by atoms with Crippen LogP contribution in [0.2, 0.25) is 0 Å². The lowest BCUT2D eigenvalue weighted by Gasteiger charge is -2.13. The van der Waals surface area contributed by atoms with Gasteiger partial charge in [-0.15, -0.1) is 0 Å². The van der Waals surface area contributed by atoms with Gasteiger partial charge in [0.05, 0.1) is 0 Å². The Hall–Kier alpha value is -1.55. The lowest BCUT2D eigenvalue weighted by molar-refractivity contribution is 0.0264. The van der Waals surface area contributed by atoms with Crippen molar-refractivity contribution in [3.8, 4) is 5.75 Å². The second-order valence-corrected chi connectivity index (χ2v) is 3.96. The zero-order valence-electron chi connectivity index (χ0n) is 9.19. The molecule has 16 heavy (non-hydrogen) atoms. The van der Waals surface area contributed by atoms with Crippen LogP contribution in [0.25, 0.3) is 0 Å². The number of aromatic hydroxyl groups is 1. The van der Waals surface area contributed by atoms with E-state index >= 15 is 0 Å². The summed E-state index contributed by atoms with van der Waals surface area (Å²) < 4.78 is 5.22. The molecular formula is C12H15NO3. The molecule has 4 heteroatoms. The van der Waals surface area contributed by atoms with Crippen LogP contribution in [0.5, 0.6) is 5.75 Å². The van der Waals surface area contributed by atoms with E-state index in [9.17, 15) is 9.90 Å². The van der Waals surface area contributed by atoms with Crippen LogP contribution < -0.4 is 5.32 Å². The summed E-state index contributed by atoms with van der Waals surface area (Å²) in [5.41, 5.74) is 0.905. The number of ether oxygens (including phenoxy) is 1. The Morgan fingerprint density at radius 2 is 2.38 bits per heavy atom. The van der Waals surface area contributed by atoms with Gasteiger partial charge in [0, 0.05) is 0 Å². The number of hydrogen-bond donors (Lipinski definition) is 2. The fraction of sp³-hybridized carbons (Fsp3) is 0.417. The maximum Gasteiger partial charge on any atom is 0.343 e. The van der Waals surface area contributed by atoms with E-state index in [-0.39, 0.29) is 17.5 Å². The summed E-state index contributed by atoms with van der Waals surface area (Å²) in [4.78, 5) is 11.8. The Morgan fingerprint density at radius 3 is 3.06 bits per heavy atom. The monoisotopic (exact) mass is 221 g/mol. The summed E-state index contributed by atoms with van der Waals surface area (Å²) in [6.45, 7) is 2.62. The summed E-state index contributed by atoms with van der Waals surface area (Å²) in [6, 6.07) is 5.05. The molecule has 1 unspecified atom stereocenters. The largest absolute Gasteiger partial charge is 0.507 e. The fourth-order valence-corrected chi connectivity index (χ4v) is 1.77. The predicted molar refractivity (Wildman–Crippen MR) is 59.3 cm³/mol. The van der Waals surface area contributed by atoms with Crippen LogP contribution in [-0.2, 0) is 4.74 Å². The number of carbonyl (C=O) groups is 1. The second-order valence-electron chi connectivity index (χ2n) is 3.96. The zero-order chi connectivity index (χ0) is 11.5. The first-order valence-electron chi connectivity index (χ1n) is 5.41. The first-order chi connectivity index (χ1) is 7.68. The molecule has 0 saturated carbocycles. The lowest BCUT2D eigenvalue weighted by atomic mass is 10.1. The Kier molecular flexibility index (Phi) is 3.10. The average molecular weight is 221 g/mol. The molecule has 0 radical (unpaired) electrons. The highest BCUT2D eigenvalue weighted by Crippen LogP contribution is 2.23. The molecule has 1 aliphatic rings. The molecular weight excluding hydrogens is 206 g/mol. The highest BCUT2D eigenvalue weighted by atomic mass is 16.6. The van der Waals surface area contributed by atoms with Gasteiger partial charge in [-0.2, -0.15) is 0 Å². The highest BCUT2D eigenvalue weighted by molar-refractivity contribution is 5.92. The summed E-state index contributed by atoms with van der Waals surface area (Å²) in [5.74, 6) is -0.467. The molecule has 0 amide bonds. The van der Waals surface area contributed by atoms with Gasteiger partial charge >= 0.3 is 5.97 Å². The van der Waals surface area contributed by atoms with E-state index in [0.717, 1.165) is 19.4 Å². The number of rotatable bonds is 2. The summed E-state index contributed by atoms with van der Waals surface area (Å²) in [5, 5.41) is 12.8. The van der Waals surface area contributed by atoms with Crippen LogP contribution in [0.3, 0.4) is 0 Å². The molecule has 4 nitrogen and oxygen atoms in total. The van der Waals surface area contributed by atoms with Crippen molar-refractivity contribution in [1.82, 2.24) is 5.32 Å². The van der Waals surface area contributed by atoms with Gasteiger partial charge in [0.1, 0.15) is 11.3 Å². The van der Waals surface area contributed by atoms with Crippen LogP contribution in [0.4, 0.5) is 0 Å². The Balaban J connectivity index is 2.11. The van der Waals surface area contributed by atoms with E-state index in [2.05, 4.69) is 5.32 Å². The van der Waals surface area contributed by atoms with E-state index in [1.54, 1.807) is 25.1 Å². The van der Waals surface area contributed by atoms with E-state index in [4.69, 9.17) is 4.74 Å². The maximum atomic E-state index is 11.8. The minimum absolute atomic E-state index is 0.00509. The molecule has 0 aliphatic carbocycles. The smallest absolute Gasteiger partial charge is 0.343 e.